The molecule has 1 rings (SSSR count). The van der Waals surface area contributed by atoms with Gasteiger partial charge in [0.25, 0.3) is 5.69 Å². The van der Waals surface area contributed by atoms with Crippen LogP contribution < -0.4 is 10.2 Å². The molecule has 8 nitrogen and oxygen atoms in total. The number of para-hydroxylation sites is 2. The van der Waals surface area contributed by atoms with Gasteiger partial charge in [-0.2, -0.15) is 0 Å². The summed E-state index contributed by atoms with van der Waals surface area (Å²) in [6.07, 6.45) is 1.87. The normalized spacial score (nSPS) is 11.6. The van der Waals surface area contributed by atoms with E-state index in [1.165, 1.54) is 17.0 Å². The fourth-order valence-corrected chi connectivity index (χ4v) is 2.15. The lowest BCUT2D eigenvalue weighted by molar-refractivity contribution is -0.384. The van der Waals surface area contributed by atoms with Crippen LogP contribution in [0.1, 0.15) is 26.2 Å². The van der Waals surface area contributed by atoms with Gasteiger partial charge in [-0.1, -0.05) is 31.9 Å². The monoisotopic (exact) mass is 323 g/mol. The summed E-state index contributed by atoms with van der Waals surface area (Å²) in [6.45, 7) is 1.77. The zero-order valence-electron chi connectivity index (χ0n) is 13.2. The average Bonchev–Trinajstić information content (AvgIpc) is 2.50. The largest absolute Gasteiger partial charge is 0.480 e. The highest BCUT2D eigenvalue weighted by molar-refractivity contribution is 5.87. The van der Waals surface area contributed by atoms with E-state index < -0.39 is 22.8 Å². The predicted molar refractivity (Wildman–Crippen MR) is 85.5 cm³/mol. The molecule has 0 aromatic heterocycles. The Morgan fingerprint density at radius 1 is 1.39 bits per heavy atom. The van der Waals surface area contributed by atoms with Crippen LogP contribution >= 0.6 is 0 Å². The molecule has 23 heavy (non-hydrogen) atoms. The van der Waals surface area contributed by atoms with E-state index in [0.29, 0.717) is 18.5 Å². The Hall–Kier alpha value is -2.64. The summed E-state index contributed by atoms with van der Waals surface area (Å²) in [4.78, 5) is 35.0. The van der Waals surface area contributed by atoms with Crippen LogP contribution in [0, 0.1) is 10.1 Å². The second-order valence-electron chi connectivity index (χ2n) is 5.20. The second kappa shape index (κ2) is 8.72. The van der Waals surface area contributed by atoms with Crippen LogP contribution in [0.2, 0.25) is 0 Å². The van der Waals surface area contributed by atoms with Gasteiger partial charge in [-0.3, -0.25) is 14.9 Å². The van der Waals surface area contributed by atoms with Gasteiger partial charge in [0.05, 0.1) is 11.5 Å². The molecule has 0 saturated carbocycles. The zero-order chi connectivity index (χ0) is 17.4. The minimum absolute atomic E-state index is 0.108. The molecule has 8 heteroatoms. The Kier molecular flexibility index (Phi) is 6.98. The number of aliphatic carboxylic acids is 1. The number of carboxylic acids is 1. The van der Waals surface area contributed by atoms with Crippen LogP contribution in [0.3, 0.4) is 0 Å². The van der Waals surface area contributed by atoms with Crippen LogP contribution in [0.5, 0.6) is 0 Å². The molecular formula is C15H21N3O5. The maximum absolute atomic E-state index is 12.0. The van der Waals surface area contributed by atoms with Crippen molar-refractivity contribution in [2.45, 2.75) is 32.2 Å². The number of anilines is 1. The third-order valence-electron chi connectivity index (χ3n) is 3.35. The Morgan fingerprint density at radius 2 is 2.04 bits per heavy atom. The number of rotatable bonds is 9. The minimum atomic E-state index is -1.08. The highest BCUT2D eigenvalue weighted by atomic mass is 16.6. The molecule has 1 atom stereocenters. The lowest BCUT2D eigenvalue weighted by Crippen LogP contribution is -2.45. The number of carbonyl (C=O) groups is 2. The zero-order valence-corrected chi connectivity index (χ0v) is 13.2. The number of nitrogens with zero attached hydrogens (tertiary/aromatic N) is 2. The van der Waals surface area contributed by atoms with Gasteiger partial charge in [-0.05, 0) is 12.5 Å². The van der Waals surface area contributed by atoms with E-state index in [4.69, 9.17) is 5.11 Å². The summed E-state index contributed by atoms with van der Waals surface area (Å²) in [6, 6.07) is 5.13. The third-order valence-corrected chi connectivity index (χ3v) is 3.35. The topological polar surface area (TPSA) is 113 Å². The Balaban J connectivity index is 2.73. The van der Waals surface area contributed by atoms with Crippen molar-refractivity contribution in [3.8, 4) is 0 Å². The van der Waals surface area contributed by atoms with Crippen molar-refractivity contribution in [1.82, 2.24) is 5.32 Å². The summed E-state index contributed by atoms with van der Waals surface area (Å²) in [5.41, 5.74) is 0.191. The van der Waals surface area contributed by atoms with Crippen LogP contribution in [0.4, 0.5) is 11.4 Å². The number of amides is 1. The first kappa shape index (κ1) is 18.4. The van der Waals surface area contributed by atoms with Crippen molar-refractivity contribution in [2.24, 2.45) is 0 Å². The lowest BCUT2D eigenvalue weighted by Gasteiger charge is -2.20. The number of nitro groups is 1. The van der Waals surface area contributed by atoms with E-state index in [0.717, 1.165) is 6.42 Å². The van der Waals surface area contributed by atoms with Crippen molar-refractivity contribution in [1.29, 1.82) is 0 Å². The van der Waals surface area contributed by atoms with Crippen LogP contribution in [-0.2, 0) is 9.59 Å². The number of nitrogens with one attached hydrogen (secondary N) is 1. The highest BCUT2D eigenvalue weighted by Crippen LogP contribution is 2.26. The van der Waals surface area contributed by atoms with Gasteiger partial charge in [0.2, 0.25) is 5.91 Å². The summed E-state index contributed by atoms with van der Waals surface area (Å²) in [7, 11) is 1.55. The van der Waals surface area contributed by atoms with Crippen LogP contribution in [0.25, 0.3) is 0 Å². The quantitative estimate of drug-likeness (QED) is 0.529. The van der Waals surface area contributed by atoms with Gasteiger partial charge >= 0.3 is 5.97 Å². The van der Waals surface area contributed by atoms with Gasteiger partial charge in [-0.25, -0.2) is 4.79 Å². The van der Waals surface area contributed by atoms with E-state index >= 15 is 0 Å². The number of likely N-dealkylation sites (N-methyl/N-ethyl adjacent to an activating group) is 1. The van der Waals surface area contributed by atoms with Crippen molar-refractivity contribution in [3.63, 3.8) is 0 Å². The molecular weight excluding hydrogens is 302 g/mol. The molecule has 0 saturated heterocycles. The molecule has 0 fully saturated rings. The lowest BCUT2D eigenvalue weighted by atomic mass is 10.1. The average molecular weight is 323 g/mol. The molecule has 2 N–H and O–H groups in total. The molecule has 0 bridgehead atoms. The molecule has 0 unspecified atom stereocenters. The number of nitro benzene ring substituents is 1. The molecule has 1 amide bonds. The first-order valence-electron chi connectivity index (χ1n) is 7.33. The fourth-order valence-electron chi connectivity index (χ4n) is 2.15. The van der Waals surface area contributed by atoms with E-state index in [1.807, 2.05) is 6.92 Å². The smallest absolute Gasteiger partial charge is 0.326 e. The van der Waals surface area contributed by atoms with E-state index in [-0.39, 0.29) is 12.2 Å². The standard InChI is InChI=1S/C15H21N3O5/c1-3-4-7-11(15(20)21)16-14(19)10-17(2)12-8-5-6-9-13(12)18(22)23/h5-6,8-9,11H,3-4,7,10H2,1-2H3,(H,16,19)(H,20,21)/t11-/m0/s1. The summed E-state index contributed by atoms with van der Waals surface area (Å²) in [5, 5.41) is 22.5. The second-order valence-corrected chi connectivity index (χ2v) is 5.20. The molecule has 0 aliphatic carbocycles. The summed E-state index contributed by atoms with van der Waals surface area (Å²) in [5.74, 6) is -1.57. The SMILES string of the molecule is CCCC[C@H](NC(=O)CN(C)c1ccccc1[N+](=O)[O-])C(=O)O. The first-order valence-corrected chi connectivity index (χ1v) is 7.33. The van der Waals surface area contributed by atoms with E-state index in [1.54, 1.807) is 19.2 Å². The number of benzene rings is 1. The van der Waals surface area contributed by atoms with Crippen molar-refractivity contribution in [3.05, 3.63) is 34.4 Å². The Labute approximate surface area is 134 Å². The maximum Gasteiger partial charge on any atom is 0.326 e. The molecule has 1 aromatic carbocycles. The van der Waals surface area contributed by atoms with Crippen molar-refractivity contribution >= 4 is 23.3 Å². The molecule has 0 aliphatic heterocycles. The van der Waals surface area contributed by atoms with Crippen molar-refractivity contribution < 1.29 is 19.6 Å². The number of hydrogen-bond acceptors (Lipinski definition) is 5. The summed E-state index contributed by atoms with van der Waals surface area (Å²) < 4.78 is 0. The van der Waals surface area contributed by atoms with Gasteiger partial charge in [-0.15, -0.1) is 0 Å². The van der Waals surface area contributed by atoms with Gasteiger partial charge in [0.15, 0.2) is 0 Å². The van der Waals surface area contributed by atoms with E-state index in [2.05, 4.69) is 5.32 Å². The minimum Gasteiger partial charge on any atom is -0.480 e. The Bertz CT molecular complexity index is 576. The molecule has 1 aromatic rings. The Morgan fingerprint density at radius 3 is 2.61 bits per heavy atom. The molecule has 126 valence electrons. The van der Waals surface area contributed by atoms with Crippen molar-refractivity contribution in [2.75, 3.05) is 18.5 Å². The van der Waals surface area contributed by atoms with Gasteiger partial charge in [0.1, 0.15) is 11.7 Å². The van der Waals surface area contributed by atoms with Gasteiger partial charge in [0, 0.05) is 13.1 Å². The maximum atomic E-state index is 12.0. The molecule has 0 spiro atoms. The fraction of sp³-hybridized carbons (Fsp3) is 0.467. The molecule has 0 heterocycles. The number of carbonyl (C=O) groups excluding carboxylic acids is 1. The third kappa shape index (κ3) is 5.57. The first-order chi connectivity index (χ1) is 10.9. The van der Waals surface area contributed by atoms with Crippen LogP contribution in [-0.4, -0.2) is 41.5 Å². The van der Waals surface area contributed by atoms with Crippen LogP contribution in [0.15, 0.2) is 24.3 Å². The van der Waals surface area contributed by atoms with E-state index in [9.17, 15) is 19.7 Å². The number of unbranched alkanes of at least 4 members (excludes halogenated alkanes) is 1. The number of hydrogen-bond donors (Lipinski definition) is 2. The molecule has 0 aliphatic rings. The highest BCUT2D eigenvalue weighted by Gasteiger charge is 2.22. The molecule has 0 radical (unpaired) electrons. The summed E-state index contributed by atoms with van der Waals surface area (Å²) >= 11 is 0. The van der Waals surface area contributed by atoms with Gasteiger partial charge < -0.3 is 15.3 Å². The predicted octanol–water partition coefficient (Wildman–Crippen LogP) is 1.79. The number of carboxylic acid groups (broad SMARTS) is 1.